The number of carbonyl (C=O) groups excluding carboxylic acids is 2. The van der Waals surface area contributed by atoms with Gasteiger partial charge in [0.25, 0.3) is 5.91 Å². The second-order valence-electron chi connectivity index (χ2n) is 6.23. The Balaban J connectivity index is 1.80. The normalized spacial score (nSPS) is 17.0. The lowest BCUT2D eigenvalue weighted by molar-refractivity contribution is -0.130. The minimum atomic E-state index is -0.604. The Morgan fingerprint density at radius 3 is 2.70 bits per heavy atom. The Kier molecular flexibility index (Phi) is 4.63. The van der Waals surface area contributed by atoms with E-state index in [-0.39, 0.29) is 17.9 Å². The van der Waals surface area contributed by atoms with E-state index in [1.165, 1.54) is 22.7 Å². The average Bonchev–Trinajstić information content (AvgIpc) is 3.39. The molecule has 0 fully saturated rings. The first kappa shape index (κ1) is 17.6. The van der Waals surface area contributed by atoms with Gasteiger partial charge in [-0.15, -0.1) is 22.7 Å². The first-order valence-electron chi connectivity index (χ1n) is 8.33. The zero-order valence-corrected chi connectivity index (χ0v) is 16.1. The molecule has 0 aromatic carbocycles. The molecule has 4 heterocycles. The van der Waals surface area contributed by atoms with Crippen LogP contribution in [0.2, 0.25) is 0 Å². The summed E-state index contributed by atoms with van der Waals surface area (Å²) < 4.78 is 0. The number of aliphatic hydroxyl groups excluding tert-OH is 1. The van der Waals surface area contributed by atoms with E-state index in [2.05, 4.69) is 4.98 Å². The minimum Gasteiger partial charge on any atom is -0.503 e. The van der Waals surface area contributed by atoms with Crippen molar-refractivity contribution in [2.24, 2.45) is 0 Å². The van der Waals surface area contributed by atoms with E-state index >= 15 is 0 Å². The van der Waals surface area contributed by atoms with E-state index in [9.17, 15) is 14.7 Å². The molecule has 1 N–H and O–H groups in total. The molecule has 1 amide bonds. The largest absolute Gasteiger partial charge is 0.503 e. The molecule has 5 nitrogen and oxygen atoms in total. The van der Waals surface area contributed by atoms with Gasteiger partial charge in [-0.05, 0) is 47.0 Å². The molecular formula is C20H16N2O3S2. The van der Waals surface area contributed by atoms with Crippen LogP contribution in [0.1, 0.15) is 31.7 Å². The van der Waals surface area contributed by atoms with Crippen LogP contribution in [0.3, 0.4) is 0 Å². The van der Waals surface area contributed by atoms with E-state index in [4.69, 9.17) is 0 Å². The van der Waals surface area contributed by atoms with Crippen LogP contribution in [0.25, 0.3) is 0 Å². The zero-order chi connectivity index (χ0) is 19.0. The molecular weight excluding hydrogens is 380 g/mol. The first-order chi connectivity index (χ1) is 13.1. The van der Waals surface area contributed by atoms with Crippen molar-refractivity contribution in [2.45, 2.75) is 19.5 Å². The molecule has 7 heteroatoms. The number of rotatable bonds is 5. The van der Waals surface area contributed by atoms with Gasteiger partial charge in [0.05, 0.1) is 10.5 Å². The summed E-state index contributed by atoms with van der Waals surface area (Å²) in [6, 6.07) is 8.51. The van der Waals surface area contributed by atoms with Gasteiger partial charge in [-0.25, -0.2) is 0 Å². The number of ketones is 1. The molecule has 136 valence electrons. The second-order valence-corrected chi connectivity index (χ2v) is 8.13. The van der Waals surface area contributed by atoms with Gasteiger partial charge in [-0.2, -0.15) is 0 Å². The predicted octanol–water partition coefficient (Wildman–Crippen LogP) is 4.29. The Hall–Kier alpha value is -2.77. The third-order valence-corrected chi connectivity index (χ3v) is 6.46. The van der Waals surface area contributed by atoms with Crippen LogP contribution in [0.4, 0.5) is 0 Å². The van der Waals surface area contributed by atoms with Gasteiger partial charge >= 0.3 is 0 Å². The summed E-state index contributed by atoms with van der Waals surface area (Å²) in [5.74, 6) is -1.30. The Morgan fingerprint density at radius 1 is 1.22 bits per heavy atom. The SMILES string of the molecule is Cc1ccsc1C1C(C(=O)c2cccs2)=C(O)C(=O)N1Cc1cccnc1. The molecule has 3 aromatic heterocycles. The summed E-state index contributed by atoms with van der Waals surface area (Å²) >= 11 is 2.78. The summed E-state index contributed by atoms with van der Waals surface area (Å²) in [5, 5.41) is 14.3. The monoisotopic (exact) mass is 396 g/mol. The molecule has 1 atom stereocenters. The Morgan fingerprint density at radius 2 is 2.07 bits per heavy atom. The average molecular weight is 396 g/mol. The molecule has 4 rings (SSSR count). The highest BCUT2D eigenvalue weighted by Gasteiger charge is 2.44. The summed E-state index contributed by atoms with van der Waals surface area (Å²) in [6.07, 6.45) is 3.35. The lowest BCUT2D eigenvalue weighted by atomic mass is 9.99. The van der Waals surface area contributed by atoms with Crippen molar-refractivity contribution in [1.82, 2.24) is 9.88 Å². The van der Waals surface area contributed by atoms with Crippen molar-refractivity contribution >= 4 is 34.4 Å². The van der Waals surface area contributed by atoms with Crippen LogP contribution in [0, 0.1) is 6.92 Å². The van der Waals surface area contributed by atoms with Crippen LogP contribution >= 0.6 is 22.7 Å². The Labute approximate surface area is 164 Å². The van der Waals surface area contributed by atoms with E-state index < -0.39 is 17.7 Å². The van der Waals surface area contributed by atoms with Gasteiger partial charge < -0.3 is 10.0 Å². The van der Waals surface area contributed by atoms with Crippen LogP contribution < -0.4 is 0 Å². The molecule has 0 radical (unpaired) electrons. The summed E-state index contributed by atoms with van der Waals surface area (Å²) in [6.45, 7) is 2.21. The quantitative estimate of drug-likeness (QED) is 0.653. The third kappa shape index (κ3) is 3.09. The van der Waals surface area contributed by atoms with Crippen molar-refractivity contribution in [2.75, 3.05) is 0 Å². The lowest BCUT2D eigenvalue weighted by Crippen LogP contribution is -2.30. The highest BCUT2D eigenvalue weighted by molar-refractivity contribution is 7.12. The molecule has 0 aliphatic carbocycles. The van der Waals surface area contributed by atoms with Gasteiger partial charge in [0.2, 0.25) is 5.78 Å². The highest BCUT2D eigenvalue weighted by Crippen LogP contribution is 2.43. The molecule has 0 spiro atoms. The van der Waals surface area contributed by atoms with E-state index in [0.717, 1.165) is 16.0 Å². The molecule has 1 aliphatic rings. The summed E-state index contributed by atoms with van der Waals surface area (Å²) in [4.78, 5) is 33.0. The highest BCUT2D eigenvalue weighted by atomic mass is 32.1. The number of Topliss-reactive ketones (excluding diaryl/α,β-unsaturated/α-hetero) is 1. The molecule has 0 bridgehead atoms. The van der Waals surface area contributed by atoms with Crippen molar-refractivity contribution in [1.29, 1.82) is 0 Å². The molecule has 0 saturated heterocycles. The number of hydrogen-bond acceptors (Lipinski definition) is 6. The van der Waals surface area contributed by atoms with Gasteiger partial charge in [0.1, 0.15) is 6.04 Å². The molecule has 1 aliphatic heterocycles. The maximum atomic E-state index is 13.1. The van der Waals surface area contributed by atoms with Gasteiger partial charge in [0, 0.05) is 23.8 Å². The standard InChI is InChI=1S/C20H16N2O3S2/c1-12-6-9-27-19(12)16-15(17(23)14-5-3-8-26-14)18(24)20(25)22(16)11-13-4-2-7-21-10-13/h2-10,16,24H,11H2,1H3. The number of aliphatic hydroxyl groups is 1. The van der Waals surface area contributed by atoms with Gasteiger partial charge in [0.15, 0.2) is 5.76 Å². The maximum absolute atomic E-state index is 13.1. The fraction of sp³-hybridized carbons (Fsp3) is 0.150. The zero-order valence-electron chi connectivity index (χ0n) is 14.5. The van der Waals surface area contributed by atoms with Gasteiger partial charge in [-0.1, -0.05) is 12.1 Å². The van der Waals surface area contributed by atoms with E-state index in [1.54, 1.807) is 40.9 Å². The number of carbonyl (C=O) groups is 2. The number of thiophene rings is 2. The summed E-state index contributed by atoms with van der Waals surface area (Å²) in [7, 11) is 0. The topological polar surface area (TPSA) is 70.5 Å². The Bertz CT molecular complexity index is 1020. The number of amides is 1. The van der Waals surface area contributed by atoms with Crippen LogP contribution in [0.15, 0.2) is 64.8 Å². The molecule has 27 heavy (non-hydrogen) atoms. The third-order valence-electron chi connectivity index (χ3n) is 4.52. The van der Waals surface area contributed by atoms with Crippen LogP contribution in [0.5, 0.6) is 0 Å². The van der Waals surface area contributed by atoms with E-state index in [0.29, 0.717) is 4.88 Å². The predicted molar refractivity (Wildman–Crippen MR) is 105 cm³/mol. The molecule has 3 aromatic rings. The van der Waals surface area contributed by atoms with Crippen molar-refractivity contribution < 1.29 is 14.7 Å². The number of hydrogen-bond donors (Lipinski definition) is 1. The first-order valence-corrected chi connectivity index (χ1v) is 10.1. The van der Waals surface area contributed by atoms with E-state index in [1.807, 2.05) is 24.4 Å². The number of aromatic nitrogens is 1. The van der Waals surface area contributed by atoms with Gasteiger partial charge in [-0.3, -0.25) is 14.6 Å². The van der Waals surface area contributed by atoms with Crippen molar-refractivity contribution in [3.63, 3.8) is 0 Å². The van der Waals surface area contributed by atoms with Crippen molar-refractivity contribution in [3.8, 4) is 0 Å². The number of nitrogens with zero attached hydrogens (tertiary/aromatic N) is 2. The van der Waals surface area contributed by atoms with Crippen LogP contribution in [-0.4, -0.2) is 26.7 Å². The second kappa shape index (κ2) is 7.09. The lowest BCUT2D eigenvalue weighted by Gasteiger charge is -2.26. The number of aryl methyl sites for hydroxylation is 1. The number of pyridine rings is 1. The fourth-order valence-corrected chi connectivity index (χ4v) is 4.94. The fourth-order valence-electron chi connectivity index (χ4n) is 3.21. The smallest absolute Gasteiger partial charge is 0.290 e. The maximum Gasteiger partial charge on any atom is 0.290 e. The van der Waals surface area contributed by atoms with Crippen molar-refractivity contribution in [3.05, 3.63) is 85.7 Å². The van der Waals surface area contributed by atoms with Crippen LogP contribution in [-0.2, 0) is 11.3 Å². The minimum absolute atomic E-state index is 0.150. The molecule has 0 saturated carbocycles. The summed E-state index contributed by atoms with van der Waals surface area (Å²) in [5.41, 5.74) is 1.97. The molecule has 1 unspecified atom stereocenters.